The van der Waals surface area contributed by atoms with Gasteiger partial charge in [0, 0.05) is 17.6 Å². The highest BCUT2D eigenvalue weighted by Crippen LogP contribution is 2.34. The van der Waals surface area contributed by atoms with Gasteiger partial charge in [-0.2, -0.15) is 13.2 Å². The van der Waals surface area contributed by atoms with Crippen LogP contribution in [-0.2, 0) is 16.0 Å². The van der Waals surface area contributed by atoms with Gasteiger partial charge in [-0.15, -0.1) is 0 Å². The zero-order valence-corrected chi connectivity index (χ0v) is 13.0. The predicted molar refractivity (Wildman–Crippen MR) is 77.7 cm³/mol. The molecule has 1 atom stereocenters. The third-order valence-corrected chi connectivity index (χ3v) is 5.99. The quantitative estimate of drug-likeness (QED) is 0.844. The molecule has 1 saturated heterocycles. The molecule has 1 amide bonds. The third-order valence-electron chi connectivity index (χ3n) is 4.24. The van der Waals surface area contributed by atoms with E-state index < -0.39 is 21.6 Å². The third kappa shape index (κ3) is 3.52. The maximum atomic E-state index is 12.6. The Morgan fingerprint density at radius 2 is 1.65 bits per heavy atom. The van der Waals surface area contributed by atoms with Crippen LogP contribution < -0.4 is 0 Å². The van der Waals surface area contributed by atoms with Crippen molar-refractivity contribution >= 4 is 15.7 Å². The van der Waals surface area contributed by atoms with Crippen LogP contribution in [0.15, 0.2) is 24.3 Å². The summed E-state index contributed by atoms with van der Waals surface area (Å²) in [5.41, 5.74) is -0.648. The van der Waals surface area contributed by atoms with E-state index >= 15 is 0 Å². The maximum absolute atomic E-state index is 12.6. The highest BCUT2D eigenvalue weighted by atomic mass is 32.2. The van der Waals surface area contributed by atoms with E-state index in [9.17, 15) is 26.4 Å². The minimum absolute atomic E-state index is 0.00286. The molecule has 23 heavy (non-hydrogen) atoms. The summed E-state index contributed by atoms with van der Waals surface area (Å²) in [7, 11) is -3.13. The summed E-state index contributed by atoms with van der Waals surface area (Å²) in [6.07, 6.45) is -2.44. The van der Waals surface area contributed by atoms with Crippen LogP contribution in [0.3, 0.4) is 0 Å². The van der Waals surface area contributed by atoms with E-state index in [1.807, 2.05) is 0 Å². The first-order valence-corrected chi connectivity index (χ1v) is 9.20. The number of sulfone groups is 1. The molecule has 1 aromatic carbocycles. The molecule has 1 aromatic rings. The van der Waals surface area contributed by atoms with Gasteiger partial charge in [0.2, 0.25) is 0 Å². The smallest absolute Gasteiger partial charge is 0.332 e. The van der Waals surface area contributed by atoms with E-state index in [1.165, 1.54) is 0 Å². The molecular weight excluding hydrogens is 331 g/mol. The van der Waals surface area contributed by atoms with Crippen molar-refractivity contribution in [2.45, 2.75) is 37.5 Å². The van der Waals surface area contributed by atoms with E-state index in [0.29, 0.717) is 6.42 Å². The number of hydrogen-bond acceptors (Lipinski definition) is 3. The monoisotopic (exact) mass is 347 g/mol. The molecule has 3 rings (SSSR count). The van der Waals surface area contributed by atoms with E-state index in [2.05, 4.69) is 0 Å². The van der Waals surface area contributed by atoms with Crippen molar-refractivity contribution in [2.24, 2.45) is 0 Å². The number of benzene rings is 1. The summed E-state index contributed by atoms with van der Waals surface area (Å²) in [6.45, 7) is 0. The average molecular weight is 347 g/mol. The number of amides is 1. The molecule has 1 aliphatic heterocycles. The summed E-state index contributed by atoms with van der Waals surface area (Å²) in [5.74, 6) is -0.389. The van der Waals surface area contributed by atoms with Crippen LogP contribution >= 0.6 is 0 Å². The largest absolute Gasteiger partial charge is 0.416 e. The van der Waals surface area contributed by atoms with Gasteiger partial charge in [0.05, 0.1) is 17.1 Å². The molecule has 2 fully saturated rings. The number of hydrogen-bond donors (Lipinski definition) is 0. The molecule has 0 spiro atoms. The molecule has 8 heteroatoms. The summed E-state index contributed by atoms with van der Waals surface area (Å²) >= 11 is 0. The summed E-state index contributed by atoms with van der Waals surface area (Å²) in [5, 5.41) is 0. The average Bonchev–Trinajstić information content (AvgIpc) is 3.22. The highest BCUT2D eigenvalue weighted by molar-refractivity contribution is 7.91. The Labute approximate surface area is 132 Å². The van der Waals surface area contributed by atoms with Gasteiger partial charge in [-0.3, -0.25) is 4.79 Å². The predicted octanol–water partition coefficient (Wildman–Crippen LogP) is 2.50. The van der Waals surface area contributed by atoms with Crippen LogP contribution in [0.4, 0.5) is 13.2 Å². The fourth-order valence-electron chi connectivity index (χ4n) is 2.93. The molecular formula is C15H16F3NO3S. The van der Waals surface area contributed by atoms with Crippen molar-refractivity contribution in [1.29, 1.82) is 0 Å². The fraction of sp³-hybridized carbons (Fsp3) is 0.533. The number of alkyl halides is 3. The molecule has 1 unspecified atom stereocenters. The minimum atomic E-state index is -4.45. The highest BCUT2D eigenvalue weighted by Gasteiger charge is 2.42. The van der Waals surface area contributed by atoms with E-state index in [1.54, 1.807) is 4.90 Å². The van der Waals surface area contributed by atoms with Crippen LogP contribution in [-0.4, -0.2) is 42.8 Å². The molecule has 0 radical (unpaired) electrons. The van der Waals surface area contributed by atoms with Crippen molar-refractivity contribution in [3.05, 3.63) is 35.4 Å². The SMILES string of the molecule is O=C(c1ccc(C(F)(F)F)cc1)N(C1CC1)C1CCS(=O)(=O)C1. The summed E-state index contributed by atoms with van der Waals surface area (Å²) in [6, 6.07) is 3.70. The van der Waals surface area contributed by atoms with Crippen molar-refractivity contribution in [3.63, 3.8) is 0 Å². The molecule has 0 bridgehead atoms. The summed E-state index contributed by atoms with van der Waals surface area (Å²) < 4.78 is 61.0. The Hall–Kier alpha value is -1.57. The Kier molecular flexibility index (Phi) is 3.90. The first-order chi connectivity index (χ1) is 10.7. The van der Waals surface area contributed by atoms with Crippen LogP contribution in [0.25, 0.3) is 0 Å². The Morgan fingerprint density at radius 1 is 1.04 bits per heavy atom. The molecule has 0 N–H and O–H groups in total. The Balaban J connectivity index is 1.82. The molecule has 126 valence electrons. The lowest BCUT2D eigenvalue weighted by Gasteiger charge is -2.28. The van der Waals surface area contributed by atoms with E-state index in [-0.39, 0.29) is 35.1 Å². The van der Waals surface area contributed by atoms with Crippen molar-refractivity contribution in [1.82, 2.24) is 4.90 Å². The number of nitrogens with zero attached hydrogens (tertiary/aromatic N) is 1. The maximum Gasteiger partial charge on any atom is 0.416 e. The first-order valence-electron chi connectivity index (χ1n) is 7.38. The standard InChI is InChI=1S/C15H16F3NO3S/c16-15(17,18)11-3-1-10(2-4-11)14(20)19(12-5-6-12)13-7-8-23(21,22)9-13/h1-4,12-13H,5-9H2. The zero-order valence-electron chi connectivity index (χ0n) is 12.2. The normalized spacial score (nSPS) is 23.7. The van der Waals surface area contributed by atoms with Gasteiger partial charge in [0.1, 0.15) is 0 Å². The number of carbonyl (C=O) groups is 1. The lowest BCUT2D eigenvalue weighted by molar-refractivity contribution is -0.137. The van der Waals surface area contributed by atoms with Gasteiger partial charge >= 0.3 is 6.18 Å². The second-order valence-electron chi connectivity index (χ2n) is 6.08. The number of halogens is 3. The molecule has 1 aliphatic carbocycles. The van der Waals surface area contributed by atoms with Gasteiger partial charge < -0.3 is 4.90 Å². The molecule has 2 aliphatic rings. The van der Waals surface area contributed by atoms with Gasteiger partial charge in [-0.25, -0.2) is 8.42 Å². The molecule has 1 heterocycles. The molecule has 1 saturated carbocycles. The number of rotatable bonds is 3. The number of carbonyl (C=O) groups excluding carboxylic acids is 1. The van der Waals surface area contributed by atoms with Gasteiger partial charge in [0.25, 0.3) is 5.91 Å². The topological polar surface area (TPSA) is 54.5 Å². The van der Waals surface area contributed by atoms with Crippen molar-refractivity contribution < 1.29 is 26.4 Å². The minimum Gasteiger partial charge on any atom is -0.332 e. The second-order valence-corrected chi connectivity index (χ2v) is 8.30. The second kappa shape index (κ2) is 5.51. The first kappa shape index (κ1) is 16.3. The van der Waals surface area contributed by atoms with Crippen LogP contribution in [0.5, 0.6) is 0 Å². The fourth-order valence-corrected chi connectivity index (χ4v) is 4.64. The van der Waals surface area contributed by atoms with E-state index in [4.69, 9.17) is 0 Å². The van der Waals surface area contributed by atoms with Gasteiger partial charge in [-0.05, 0) is 43.5 Å². The van der Waals surface area contributed by atoms with Gasteiger partial charge in [-0.1, -0.05) is 0 Å². The van der Waals surface area contributed by atoms with Gasteiger partial charge in [0.15, 0.2) is 9.84 Å². The van der Waals surface area contributed by atoms with Crippen LogP contribution in [0.2, 0.25) is 0 Å². The zero-order chi connectivity index (χ0) is 16.8. The van der Waals surface area contributed by atoms with Crippen molar-refractivity contribution in [2.75, 3.05) is 11.5 Å². The lowest BCUT2D eigenvalue weighted by Crippen LogP contribution is -2.42. The Morgan fingerprint density at radius 3 is 2.09 bits per heavy atom. The molecule has 0 aromatic heterocycles. The molecule has 4 nitrogen and oxygen atoms in total. The summed E-state index contributed by atoms with van der Waals surface area (Å²) in [4.78, 5) is 14.2. The van der Waals surface area contributed by atoms with E-state index in [0.717, 1.165) is 37.1 Å². The lowest BCUT2D eigenvalue weighted by atomic mass is 10.1. The van der Waals surface area contributed by atoms with Crippen molar-refractivity contribution in [3.8, 4) is 0 Å². The van der Waals surface area contributed by atoms with Crippen LogP contribution in [0, 0.1) is 0 Å². The van der Waals surface area contributed by atoms with Crippen LogP contribution in [0.1, 0.15) is 35.2 Å². The Bertz CT molecular complexity index is 708.